The lowest BCUT2D eigenvalue weighted by Crippen LogP contribution is -2.47. The van der Waals surface area contributed by atoms with Crippen LogP contribution in [0.5, 0.6) is 11.5 Å². The molecule has 10 heteroatoms. The molecule has 170 valence electrons. The molecular weight excluding hydrogens is 425 g/mol. The summed E-state index contributed by atoms with van der Waals surface area (Å²) in [6.45, 7) is 3.75. The summed E-state index contributed by atoms with van der Waals surface area (Å²) in [6, 6.07) is 6.97. The lowest BCUT2D eigenvalue weighted by molar-refractivity contribution is -0.137. The van der Waals surface area contributed by atoms with E-state index in [4.69, 9.17) is 9.47 Å². The van der Waals surface area contributed by atoms with Crippen LogP contribution >= 0.6 is 0 Å². The van der Waals surface area contributed by atoms with Crippen LogP contribution in [0.2, 0.25) is 0 Å². The molecule has 1 saturated heterocycles. The average molecular weight is 448 g/mol. The quantitative estimate of drug-likeness (QED) is 0.658. The molecule has 1 fully saturated rings. The summed E-state index contributed by atoms with van der Waals surface area (Å²) in [6.07, 6.45) is -4.38. The summed E-state index contributed by atoms with van der Waals surface area (Å²) in [5.41, 5.74) is 0.684. The Hall–Kier alpha value is -3.43. The van der Waals surface area contributed by atoms with E-state index in [1.165, 1.54) is 20.3 Å². The van der Waals surface area contributed by atoms with Gasteiger partial charge in [-0.3, -0.25) is 9.78 Å². The summed E-state index contributed by atoms with van der Waals surface area (Å²) in [4.78, 5) is 24.1. The van der Waals surface area contributed by atoms with E-state index in [0.29, 0.717) is 65.8 Å². The monoisotopic (exact) mass is 448 g/mol. The number of aryl methyl sites for hydroxylation is 1. The summed E-state index contributed by atoms with van der Waals surface area (Å²) in [7, 11) is 3.03. The number of ether oxygens (including phenoxy) is 2. The molecule has 0 amide bonds. The summed E-state index contributed by atoms with van der Waals surface area (Å²) in [5, 5.41) is 0.425. The second-order valence-electron chi connectivity index (χ2n) is 7.54. The van der Waals surface area contributed by atoms with Crippen molar-refractivity contribution in [2.75, 3.05) is 50.2 Å². The molecule has 0 aliphatic carbocycles. The van der Waals surface area contributed by atoms with Crippen LogP contribution in [0.3, 0.4) is 0 Å². The Bertz CT molecular complexity index is 1200. The predicted octanol–water partition coefficient (Wildman–Crippen LogP) is 3.59. The van der Waals surface area contributed by atoms with Crippen LogP contribution in [0.25, 0.3) is 10.9 Å². The third-order valence-corrected chi connectivity index (χ3v) is 5.68. The van der Waals surface area contributed by atoms with E-state index in [9.17, 15) is 18.0 Å². The zero-order valence-electron chi connectivity index (χ0n) is 17.9. The fourth-order valence-corrected chi connectivity index (χ4v) is 4.04. The van der Waals surface area contributed by atoms with Crippen LogP contribution in [0.4, 0.5) is 24.8 Å². The standard InChI is InChI=1S/C22H23F3N4O3/c1-13-18-16(12-17(31-2)19(13)32-3)26-21(27-20(18)30)29-9-7-28(8-10-29)15-6-4-5-14(11-15)22(23,24)25/h4-6,11-12H,7-10H2,1-3H3,(H,26,27,30). The van der Waals surface area contributed by atoms with Crippen LogP contribution in [0.1, 0.15) is 11.1 Å². The molecule has 0 radical (unpaired) electrons. The SMILES string of the molecule is COc1cc2nc(N3CCN(c4cccc(C(F)(F)F)c4)CC3)[nH]c(=O)c2c(C)c1OC. The molecule has 2 aromatic carbocycles. The zero-order valence-corrected chi connectivity index (χ0v) is 17.9. The first kappa shape index (κ1) is 21.8. The smallest absolute Gasteiger partial charge is 0.416 e. The van der Waals surface area contributed by atoms with Crippen molar-refractivity contribution in [1.82, 2.24) is 9.97 Å². The van der Waals surface area contributed by atoms with Crippen molar-refractivity contribution in [3.63, 3.8) is 0 Å². The highest BCUT2D eigenvalue weighted by Gasteiger charge is 2.31. The van der Waals surface area contributed by atoms with Crippen molar-refractivity contribution in [2.24, 2.45) is 0 Å². The first-order valence-corrected chi connectivity index (χ1v) is 10.1. The van der Waals surface area contributed by atoms with E-state index in [0.717, 1.165) is 12.1 Å². The lowest BCUT2D eigenvalue weighted by Gasteiger charge is -2.36. The maximum Gasteiger partial charge on any atom is 0.416 e. The number of hydrogen-bond acceptors (Lipinski definition) is 6. The van der Waals surface area contributed by atoms with E-state index in [1.807, 2.05) is 9.80 Å². The number of halogens is 3. The fraction of sp³-hybridized carbons (Fsp3) is 0.364. The van der Waals surface area contributed by atoms with Crippen molar-refractivity contribution in [1.29, 1.82) is 0 Å². The van der Waals surface area contributed by atoms with Gasteiger partial charge in [-0.05, 0) is 25.1 Å². The molecule has 32 heavy (non-hydrogen) atoms. The van der Waals surface area contributed by atoms with E-state index in [-0.39, 0.29) is 5.56 Å². The number of H-pyrrole nitrogens is 1. The summed E-state index contributed by atoms with van der Waals surface area (Å²) < 4.78 is 49.8. The van der Waals surface area contributed by atoms with Crippen LogP contribution in [0, 0.1) is 6.92 Å². The van der Waals surface area contributed by atoms with Gasteiger partial charge in [0.1, 0.15) is 0 Å². The van der Waals surface area contributed by atoms with Crippen LogP contribution in [0.15, 0.2) is 35.1 Å². The Morgan fingerprint density at radius 2 is 1.72 bits per heavy atom. The van der Waals surface area contributed by atoms with Gasteiger partial charge in [-0.15, -0.1) is 0 Å². The number of benzene rings is 2. The Morgan fingerprint density at radius 1 is 1.03 bits per heavy atom. The maximum atomic E-state index is 13.0. The number of methoxy groups -OCH3 is 2. The van der Waals surface area contributed by atoms with Gasteiger partial charge in [-0.25, -0.2) is 4.98 Å². The molecule has 1 N–H and O–H groups in total. The number of aromatic amines is 1. The molecule has 0 saturated carbocycles. The Balaban J connectivity index is 1.59. The van der Waals surface area contributed by atoms with E-state index >= 15 is 0 Å². The van der Waals surface area contributed by atoms with Gasteiger partial charge < -0.3 is 19.3 Å². The van der Waals surface area contributed by atoms with Crippen molar-refractivity contribution >= 4 is 22.5 Å². The molecule has 4 rings (SSSR count). The third-order valence-electron chi connectivity index (χ3n) is 5.68. The Labute approximate surface area is 182 Å². The lowest BCUT2D eigenvalue weighted by atomic mass is 10.1. The van der Waals surface area contributed by atoms with Crippen molar-refractivity contribution < 1.29 is 22.6 Å². The topological polar surface area (TPSA) is 70.7 Å². The highest BCUT2D eigenvalue weighted by molar-refractivity contribution is 5.86. The summed E-state index contributed by atoms with van der Waals surface area (Å²) >= 11 is 0. The van der Waals surface area contributed by atoms with Gasteiger partial charge in [-0.2, -0.15) is 13.2 Å². The molecule has 1 aliphatic heterocycles. The number of aromatic nitrogens is 2. The van der Waals surface area contributed by atoms with E-state index < -0.39 is 11.7 Å². The Kier molecular flexibility index (Phi) is 5.62. The molecule has 0 bridgehead atoms. The normalized spacial score (nSPS) is 14.7. The zero-order chi connectivity index (χ0) is 23.0. The van der Waals surface area contributed by atoms with Gasteiger partial charge in [0.05, 0.1) is 30.7 Å². The molecule has 0 spiro atoms. The average Bonchev–Trinajstić information content (AvgIpc) is 2.78. The van der Waals surface area contributed by atoms with Crippen LogP contribution < -0.4 is 24.8 Å². The number of alkyl halides is 3. The molecule has 0 unspecified atom stereocenters. The fourth-order valence-electron chi connectivity index (χ4n) is 4.04. The van der Waals surface area contributed by atoms with Gasteiger partial charge in [0.15, 0.2) is 11.5 Å². The van der Waals surface area contributed by atoms with Crippen molar-refractivity contribution in [2.45, 2.75) is 13.1 Å². The molecule has 3 aromatic rings. The number of rotatable bonds is 4. The van der Waals surface area contributed by atoms with Gasteiger partial charge >= 0.3 is 6.18 Å². The minimum absolute atomic E-state index is 0.288. The molecule has 1 aromatic heterocycles. The van der Waals surface area contributed by atoms with Gasteiger partial charge in [0.25, 0.3) is 5.56 Å². The number of hydrogen-bond donors (Lipinski definition) is 1. The minimum atomic E-state index is -4.38. The first-order chi connectivity index (χ1) is 15.2. The highest BCUT2D eigenvalue weighted by atomic mass is 19.4. The Morgan fingerprint density at radius 3 is 2.34 bits per heavy atom. The van der Waals surface area contributed by atoms with Gasteiger partial charge in [0, 0.05) is 43.5 Å². The number of fused-ring (bicyclic) bond motifs is 1. The van der Waals surface area contributed by atoms with E-state index in [1.54, 1.807) is 19.1 Å². The third kappa shape index (κ3) is 3.92. The van der Waals surface area contributed by atoms with Crippen LogP contribution in [-0.4, -0.2) is 50.4 Å². The minimum Gasteiger partial charge on any atom is -0.493 e. The maximum absolute atomic E-state index is 13.0. The van der Waals surface area contributed by atoms with Crippen molar-refractivity contribution in [3.05, 3.63) is 51.8 Å². The number of piperazine rings is 1. The number of nitrogens with one attached hydrogen (secondary N) is 1. The molecular formula is C22H23F3N4O3. The highest BCUT2D eigenvalue weighted by Crippen LogP contribution is 2.35. The second-order valence-corrected chi connectivity index (χ2v) is 7.54. The van der Waals surface area contributed by atoms with Crippen LogP contribution in [-0.2, 0) is 6.18 Å². The number of anilines is 2. The van der Waals surface area contributed by atoms with Gasteiger partial charge in [0.2, 0.25) is 5.95 Å². The largest absolute Gasteiger partial charge is 0.493 e. The molecule has 7 nitrogen and oxygen atoms in total. The van der Waals surface area contributed by atoms with Crippen molar-refractivity contribution in [3.8, 4) is 11.5 Å². The van der Waals surface area contributed by atoms with E-state index in [2.05, 4.69) is 9.97 Å². The molecule has 1 aliphatic rings. The summed E-state index contributed by atoms with van der Waals surface area (Å²) in [5.74, 6) is 1.38. The second kappa shape index (κ2) is 8.25. The molecule has 2 heterocycles. The van der Waals surface area contributed by atoms with Gasteiger partial charge in [-0.1, -0.05) is 6.07 Å². The number of nitrogens with zero attached hydrogens (tertiary/aromatic N) is 3. The first-order valence-electron chi connectivity index (χ1n) is 10.1. The predicted molar refractivity (Wildman–Crippen MR) is 116 cm³/mol. The molecule has 0 atom stereocenters.